The maximum atomic E-state index is 11.3. The van der Waals surface area contributed by atoms with E-state index < -0.39 is 6.10 Å². The summed E-state index contributed by atoms with van der Waals surface area (Å²) in [5, 5.41) is 11.0. The first-order valence-corrected chi connectivity index (χ1v) is 8.67. The Morgan fingerprint density at radius 3 is 2.21 bits per heavy atom. The van der Waals surface area contributed by atoms with Gasteiger partial charge in [0.1, 0.15) is 0 Å². The maximum Gasteiger partial charge on any atom is 0.305 e. The summed E-state index contributed by atoms with van der Waals surface area (Å²) in [5.41, 5.74) is 3.07. The average Bonchev–Trinajstić information content (AvgIpc) is 2.60. The number of aliphatic hydroxyl groups excluding tert-OH is 1. The van der Waals surface area contributed by atoms with Crippen LogP contribution >= 0.6 is 11.6 Å². The lowest BCUT2D eigenvalue weighted by atomic mass is 9.99. The highest BCUT2D eigenvalue weighted by Crippen LogP contribution is 2.25. The minimum Gasteiger partial charge on any atom is -0.466 e. The van der Waals surface area contributed by atoms with Gasteiger partial charge in [-0.05, 0) is 55.0 Å². The van der Waals surface area contributed by atoms with Crippen LogP contribution in [-0.2, 0) is 9.53 Å². The van der Waals surface area contributed by atoms with E-state index in [0.717, 1.165) is 29.5 Å². The van der Waals surface area contributed by atoms with Gasteiger partial charge in [0.25, 0.3) is 0 Å². The second-order valence-corrected chi connectivity index (χ2v) is 6.13. The van der Waals surface area contributed by atoms with Gasteiger partial charge in [-0.15, -0.1) is 0 Å². The maximum absolute atomic E-state index is 11.3. The van der Waals surface area contributed by atoms with E-state index in [9.17, 15) is 9.90 Å². The van der Waals surface area contributed by atoms with Gasteiger partial charge in [0.05, 0.1) is 12.7 Å². The molecule has 0 spiro atoms. The molecule has 0 heterocycles. The summed E-state index contributed by atoms with van der Waals surface area (Å²) >= 11 is 5.90. The number of benzene rings is 2. The topological polar surface area (TPSA) is 46.5 Å². The first kappa shape index (κ1) is 18.5. The monoisotopic (exact) mass is 346 g/mol. The van der Waals surface area contributed by atoms with E-state index in [4.69, 9.17) is 16.3 Å². The Bertz CT molecular complexity index is 635. The van der Waals surface area contributed by atoms with Crippen LogP contribution in [-0.4, -0.2) is 17.7 Å². The second kappa shape index (κ2) is 9.45. The lowest BCUT2D eigenvalue weighted by Gasteiger charge is -2.12. The number of rotatable bonds is 8. The van der Waals surface area contributed by atoms with E-state index in [1.54, 1.807) is 6.92 Å². The van der Waals surface area contributed by atoms with Crippen molar-refractivity contribution in [1.82, 2.24) is 0 Å². The average molecular weight is 347 g/mol. The minimum atomic E-state index is -0.508. The first-order chi connectivity index (χ1) is 11.6. The molecule has 0 radical (unpaired) electrons. The molecule has 0 aliphatic heterocycles. The van der Waals surface area contributed by atoms with Crippen LogP contribution in [0.3, 0.4) is 0 Å². The zero-order valence-corrected chi connectivity index (χ0v) is 14.6. The molecular formula is C20H23ClO3. The van der Waals surface area contributed by atoms with Crippen LogP contribution in [0.25, 0.3) is 11.1 Å². The lowest BCUT2D eigenvalue weighted by Crippen LogP contribution is -2.04. The van der Waals surface area contributed by atoms with Gasteiger partial charge in [-0.2, -0.15) is 0 Å². The largest absolute Gasteiger partial charge is 0.466 e. The van der Waals surface area contributed by atoms with Crippen molar-refractivity contribution in [3.05, 3.63) is 59.1 Å². The van der Waals surface area contributed by atoms with Crippen LogP contribution in [0.2, 0.25) is 5.02 Å². The Balaban J connectivity index is 1.84. The zero-order chi connectivity index (χ0) is 17.4. The molecule has 0 aliphatic rings. The molecule has 24 heavy (non-hydrogen) atoms. The molecule has 0 amide bonds. The molecule has 128 valence electrons. The number of ether oxygens (including phenoxy) is 1. The minimum absolute atomic E-state index is 0.167. The van der Waals surface area contributed by atoms with Crippen molar-refractivity contribution in [3.8, 4) is 11.1 Å². The van der Waals surface area contributed by atoms with E-state index in [1.807, 2.05) is 48.5 Å². The number of carbonyl (C=O) groups excluding carboxylic acids is 1. The summed E-state index contributed by atoms with van der Waals surface area (Å²) in [7, 11) is 0. The van der Waals surface area contributed by atoms with Crippen molar-refractivity contribution in [3.63, 3.8) is 0 Å². The molecule has 0 saturated heterocycles. The molecule has 0 aromatic heterocycles. The van der Waals surface area contributed by atoms with Crippen molar-refractivity contribution in [2.75, 3.05) is 6.61 Å². The fourth-order valence-electron chi connectivity index (χ4n) is 2.55. The quantitative estimate of drug-likeness (QED) is 0.530. The highest BCUT2D eigenvalue weighted by atomic mass is 35.5. The molecule has 1 N–H and O–H groups in total. The van der Waals surface area contributed by atoms with Crippen LogP contribution in [0.1, 0.15) is 44.3 Å². The molecule has 2 rings (SSSR count). The Kier molecular flexibility index (Phi) is 7.29. The standard InChI is InChI=1S/C20H23ClO3/c1-2-24-20(23)6-4-3-5-19(22)17-9-7-15(8-10-17)16-11-13-18(21)14-12-16/h7-14,19,22H,2-6H2,1H3. The van der Waals surface area contributed by atoms with Crippen LogP contribution in [0.4, 0.5) is 0 Å². The molecule has 1 atom stereocenters. The molecule has 2 aromatic carbocycles. The normalized spacial score (nSPS) is 12.0. The third-order valence-electron chi connectivity index (χ3n) is 3.89. The molecule has 3 nitrogen and oxygen atoms in total. The summed E-state index contributed by atoms with van der Waals surface area (Å²) < 4.78 is 4.89. The van der Waals surface area contributed by atoms with Crippen molar-refractivity contribution in [1.29, 1.82) is 0 Å². The molecule has 2 aromatic rings. The molecule has 1 unspecified atom stereocenters. The number of aliphatic hydroxyl groups is 1. The summed E-state index contributed by atoms with van der Waals surface area (Å²) in [6, 6.07) is 15.6. The summed E-state index contributed by atoms with van der Waals surface area (Å²) in [6.07, 6.45) is 2.07. The van der Waals surface area contributed by atoms with Gasteiger partial charge < -0.3 is 9.84 Å². The molecular weight excluding hydrogens is 324 g/mol. The SMILES string of the molecule is CCOC(=O)CCCCC(O)c1ccc(-c2ccc(Cl)cc2)cc1. The third kappa shape index (κ3) is 5.66. The summed E-state index contributed by atoms with van der Waals surface area (Å²) in [4.78, 5) is 11.3. The number of halogens is 1. The first-order valence-electron chi connectivity index (χ1n) is 8.29. The van der Waals surface area contributed by atoms with Crippen LogP contribution in [0.15, 0.2) is 48.5 Å². The van der Waals surface area contributed by atoms with E-state index in [0.29, 0.717) is 24.5 Å². The predicted molar refractivity (Wildman–Crippen MR) is 96.9 cm³/mol. The number of unbranched alkanes of at least 4 members (excludes halogenated alkanes) is 1. The van der Waals surface area contributed by atoms with E-state index >= 15 is 0 Å². The third-order valence-corrected chi connectivity index (χ3v) is 4.14. The van der Waals surface area contributed by atoms with Gasteiger partial charge in [0.2, 0.25) is 0 Å². The van der Waals surface area contributed by atoms with Gasteiger partial charge in [0, 0.05) is 11.4 Å². The summed E-state index contributed by atoms with van der Waals surface area (Å²) in [6.45, 7) is 2.22. The molecule has 0 aliphatic carbocycles. The number of hydrogen-bond acceptors (Lipinski definition) is 3. The smallest absolute Gasteiger partial charge is 0.305 e. The highest BCUT2D eigenvalue weighted by Gasteiger charge is 2.09. The van der Waals surface area contributed by atoms with Crippen molar-refractivity contribution >= 4 is 17.6 Å². The molecule has 4 heteroatoms. The number of esters is 1. The Morgan fingerprint density at radius 2 is 1.62 bits per heavy atom. The second-order valence-electron chi connectivity index (χ2n) is 5.70. The van der Waals surface area contributed by atoms with Gasteiger partial charge >= 0.3 is 5.97 Å². The van der Waals surface area contributed by atoms with Crippen molar-refractivity contribution in [2.24, 2.45) is 0 Å². The Morgan fingerprint density at radius 1 is 1.04 bits per heavy atom. The number of carbonyl (C=O) groups is 1. The molecule has 0 bridgehead atoms. The Labute approximate surface area is 148 Å². The van der Waals surface area contributed by atoms with E-state index in [2.05, 4.69) is 0 Å². The van der Waals surface area contributed by atoms with Gasteiger partial charge in [-0.1, -0.05) is 48.0 Å². The van der Waals surface area contributed by atoms with Crippen LogP contribution in [0.5, 0.6) is 0 Å². The molecule has 0 saturated carbocycles. The fourth-order valence-corrected chi connectivity index (χ4v) is 2.67. The Hall–Kier alpha value is -1.84. The van der Waals surface area contributed by atoms with E-state index in [1.165, 1.54) is 0 Å². The van der Waals surface area contributed by atoms with E-state index in [-0.39, 0.29) is 5.97 Å². The van der Waals surface area contributed by atoms with Gasteiger partial charge in [-0.25, -0.2) is 0 Å². The fraction of sp³-hybridized carbons (Fsp3) is 0.350. The lowest BCUT2D eigenvalue weighted by molar-refractivity contribution is -0.143. The number of hydrogen-bond donors (Lipinski definition) is 1. The zero-order valence-electron chi connectivity index (χ0n) is 13.9. The van der Waals surface area contributed by atoms with Crippen molar-refractivity contribution < 1.29 is 14.6 Å². The van der Waals surface area contributed by atoms with Crippen LogP contribution < -0.4 is 0 Å². The van der Waals surface area contributed by atoms with Gasteiger partial charge in [-0.3, -0.25) is 4.79 Å². The summed E-state index contributed by atoms with van der Waals surface area (Å²) in [5.74, 6) is -0.167. The van der Waals surface area contributed by atoms with Crippen LogP contribution in [0, 0.1) is 0 Å². The predicted octanol–water partition coefficient (Wildman–Crippen LogP) is 5.16. The highest BCUT2D eigenvalue weighted by molar-refractivity contribution is 6.30. The van der Waals surface area contributed by atoms with Gasteiger partial charge in [0.15, 0.2) is 0 Å². The van der Waals surface area contributed by atoms with Crippen molar-refractivity contribution in [2.45, 2.75) is 38.7 Å². The molecule has 0 fully saturated rings.